The van der Waals surface area contributed by atoms with Gasteiger partial charge in [-0.2, -0.15) is 0 Å². The Morgan fingerprint density at radius 1 is 1.06 bits per heavy atom. The van der Waals surface area contributed by atoms with Crippen molar-refractivity contribution in [3.05, 3.63) is 99.4 Å². The van der Waals surface area contributed by atoms with E-state index in [0.29, 0.717) is 0 Å². The number of nitrogens with one attached hydrogen (secondary N) is 1. The van der Waals surface area contributed by atoms with Crippen LogP contribution in [0.3, 0.4) is 0 Å². The Bertz CT molecular complexity index is 1200. The van der Waals surface area contributed by atoms with Crippen LogP contribution in [-0.2, 0) is 9.53 Å². The van der Waals surface area contributed by atoms with E-state index in [9.17, 15) is 29.2 Å². The first kappa shape index (κ1) is 21.9. The van der Waals surface area contributed by atoms with Crippen molar-refractivity contribution in [3.8, 4) is 11.1 Å². The summed E-state index contributed by atoms with van der Waals surface area (Å²) in [5.74, 6) is -2.33. The molecule has 8 nitrogen and oxygen atoms in total. The van der Waals surface area contributed by atoms with Crippen molar-refractivity contribution in [2.75, 3.05) is 6.61 Å². The summed E-state index contributed by atoms with van der Waals surface area (Å²) >= 11 is 0. The zero-order chi connectivity index (χ0) is 23.5. The standard InChI is InChI=1S/C24H19FN2O6/c25-14-9-10-22(27(31)32)19(11-14)21(12-23(28)29)26-24(30)33-13-20-17-7-3-1-5-15(17)16-6-2-4-8-18(16)20/h1-11,20-21H,12-13H2,(H,26,30)(H,28,29)/t21-/m0/s1. The van der Waals surface area contributed by atoms with Gasteiger partial charge in [0.1, 0.15) is 12.4 Å². The Morgan fingerprint density at radius 3 is 2.24 bits per heavy atom. The topological polar surface area (TPSA) is 119 Å². The van der Waals surface area contributed by atoms with Crippen LogP contribution in [0.4, 0.5) is 14.9 Å². The minimum Gasteiger partial charge on any atom is -0.481 e. The summed E-state index contributed by atoms with van der Waals surface area (Å²) in [6.45, 7) is -0.0229. The number of aliphatic carboxylic acids is 1. The lowest BCUT2D eigenvalue weighted by molar-refractivity contribution is -0.385. The number of benzene rings is 3. The number of hydrogen-bond acceptors (Lipinski definition) is 5. The number of carbonyl (C=O) groups excluding carboxylic acids is 1. The summed E-state index contributed by atoms with van der Waals surface area (Å²) < 4.78 is 19.2. The highest BCUT2D eigenvalue weighted by Crippen LogP contribution is 2.44. The Balaban J connectivity index is 1.54. The molecule has 33 heavy (non-hydrogen) atoms. The number of nitrogens with zero attached hydrogens (tertiary/aromatic N) is 1. The van der Waals surface area contributed by atoms with Gasteiger partial charge in [0.05, 0.1) is 22.9 Å². The SMILES string of the molecule is O=C(O)C[C@H](NC(=O)OCC1c2ccccc2-c2ccccc21)c1cc(F)ccc1[N+](=O)[O-]. The fourth-order valence-electron chi connectivity index (χ4n) is 4.17. The van der Waals surface area contributed by atoms with Gasteiger partial charge in [-0.05, 0) is 34.4 Å². The van der Waals surface area contributed by atoms with E-state index in [1.54, 1.807) is 0 Å². The molecule has 1 aliphatic carbocycles. The van der Waals surface area contributed by atoms with Crippen LogP contribution in [0.1, 0.15) is 35.1 Å². The number of amides is 1. The van der Waals surface area contributed by atoms with Crippen molar-refractivity contribution in [1.29, 1.82) is 0 Å². The van der Waals surface area contributed by atoms with Gasteiger partial charge in [0.2, 0.25) is 0 Å². The number of carboxylic acid groups (broad SMARTS) is 1. The number of fused-ring (bicyclic) bond motifs is 3. The molecule has 0 unspecified atom stereocenters. The first-order chi connectivity index (χ1) is 15.8. The first-order valence-corrected chi connectivity index (χ1v) is 10.1. The zero-order valence-corrected chi connectivity index (χ0v) is 17.2. The molecule has 1 atom stereocenters. The van der Waals surface area contributed by atoms with Crippen molar-refractivity contribution >= 4 is 17.7 Å². The van der Waals surface area contributed by atoms with Crippen LogP contribution >= 0.6 is 0 Å². The van der Waals surface area contributed by atoms with Gasteiger partial charge in [-0.1, -0.05) is 48.5 Å². The number of carbonyl (C=O) groups is 2. The van der Waals surface area contributed by atoms with Crippen LogP contribution in [0.25, 0.3) is 11.1 Å². The molecule has 1 aliphatic rings. The van der Waals surface area contributed by atoms with E-state index in [4.69, 9.17) is 4.74 Å². The van der Waals surface area contributed by atoms with Crippen LogP contribution in [0, 0.1) is 15.9 Å². The fraction of sp³-hybridized carbons (Fsp3) is 0.167. The van der Waals surface area contributed by atoms with Crippen molar-refractivity contribution in [2.24, 2.45) is 0 Å². The molecule has 0 saturated heterocycles. The summed E-state index contributed by atoms with van der Waals surface area (Å²) in [5, 5.41) is 22.9. The summed E-state index contributed by atoms with van der Waals surface area (Å²) in [6.07, 6.45) is -1.64. The van der Waals surface area contributed by atoms with Gasteiger partial charge in [-0.3, -0.25) is 14.9 Å². The molecule has 0 radical (unpaired) electrons. The minimum absolute atomic E-state index is 0.0229. The molecule has 0 heterocycles. The van der Waals surface area contributed by atoms with E-state index < -0.39 is 41.0 Å². The van der Waals surface area contributed by atoms with Gasteiger partial charge in [-0.25, -0.2) is 9.18 Å². The highest BCUT2D eigenvalue weighted by molar-refractivity contribution is 5.79. The quantitative estimate of drug-likeness (QED) is 0.395. The number of rotatable bonds is 7. The van der Waals surface area contributed by atoms with Crippen molar-refractivity contribution in [2.45, 2.75) is 18.4 Å². The molecule has 0 bridgehead atoms. The second-order valence-electron chi connectivity index (χ2n) is 7.58. The maximum Gasteiger partial charge on any atom is 0.407 e. The Labute approximate surface area is 187 Å². The fourth-order valence-corrected chi connectivity index (χ4v) is 4.17. The first-order valence-electron chi connectivity index (χ1n) is 10.1. The summed E-state index contributed by atoms with van der Waals surface area (Å²) in [6, 6.07) is 16.8. The van der Waals surface area contributed by atoms with E-state index in [1.807, 2.05) is 48.5 Å². The van der Waals surface area contributed by atoms with E-state index in [-0.39, 0.29) is 18.1 Å². The lowest BCUT2D eigenvalue weighted by atomic mass is 9.98. The van der Waals surface area contributed by atoms with Crippen LogP contribution in [-0.4, -0.2) is 28.7 Å². The molecule has 168 valence electrons. The molecular formula is C24H19FN2O6. The van der Waals surface area contributed by atoms with Gasteiger partial charge in [0.15, 0.2) is 0 Å². The van der Waals surface area contributed by atoms with Crippen molar-refractivity contribution in [1.82, 2.24) is 5.32 Å². The summed E-state index contributed by atoms with van der Waals surface area (Å²) in [7, 11) is 0. The van der Waals surface area contributed by atoms with Crippen molar-refractivity contribution < 1.29 is 28.7 Å². The Hall–Kier alpha value is -4.27. The number of nitro groups is 1. The lowest BCUT2D eigenvalue weighted by Crippen LogP contribution is -2.32. The number of carboxylic acids is 1. The molecule has 0 fully saturated rings. The van der Waals surface area contributed by atoms with Gasteiger partial charge in [-0.15, -0.1) is 0 Å². The summed E-state index contributed by atoms with van der Waals surface area (Å²) in [4.78, 5) is 34.5. The second kappa shape index (κ2) is 9.07. The number of hydrogen-bond donors (Lipinski definition) is 2. The van der Waals surface area contributed by atoms with Gasteiger partial charge < -0.3 is 15.2 Å². The molecule has 0 saturated carbocycles. The number of nitro benzene ring substituents is 1. The molecule has 0 aliphatic heterocycles. The lowest BCUT2D eigenvalue weighted by Gasteiger charge is -2.19. The van der Waals surface area contributed by atoms with Crippen LogP contribution in [0.5, 0.6) is 0 Å². The molecule has 3 aromatic carbocycles. The van der Waals surface area contributed by atoms with E-state index in [1.165, 1.54) is 0 Å². The highest BCUT2D eigenvalue weighted by Gasteiger charge is 2.30. The molecule has 4 rings (SSSR count). The molecule has 0 aromatic heterocycles. The average Bonchev–Trinajstić information content (AvgIpc) is 3.10. The molecule has 9 heteroatoms. The predicted molar refractivity (Wildman–Crippen MR) is 116 cm³/mol. The third kappa shape index (κ3) is 4.52. The smallest absolute Gasteiger partial charge is 0.407 e. The van der Waals surface area contributed by atoms with Crippen LogP contribution in [0.15, 0.2) is 66.7 Å². The molecule has 2 N–H and O–H groups in total. The van der Waals surface area contributed by atoms with Crippen molar-refractivity contribution in [3.63, 3.8) is 0 Å². The molecule has 0 spiro atoms. The highest BCUT2D eigenvalue weighted by atomic mass is 19.1. The normalized spacial score (nSPS) is 13.0. The second-order valence-corrected chi connectivity index (χ2v) is 7.58. The third-order valence-electron chi connectivity index (χ3n) is 5.58. The van der Waals surface area contributed by atoms with Gasteiger partial charge >= 0.3 is 12.1 Å². The van der Waals surface area contributed by atoms with Crippen LogP contribution < -0.4 is 5.32 Å². The zero-order valence-electron chi connectivity index (χ0n) is 17.2. The predicted octanol–water partition coefficient (Wildman–Crippen LogP) is 4.79. The molecule has 1 amide bonds. The Morgan fingerprint density at radius 2 is 1.67 bits per heavy atom. The largest absolute Gasteiger partial charge is 0.481 e. The monoisotopic (exact) mass is 450 g/mol. The maximum atomic E-state index is 13.8. The van der Waals surface area contributed by atoms with Gasteiger partial charge in [0, 0.05) is 12.0 Å². The maximum absolute atomic E-state index is 13.8. The number of ether oxygens (including phenoxy) is 1. The number of halogens is 1. The van der Waals surface area contributed by atoms with E-state index in [2.05, 4.69) is 5.32 Å². The van der Waals surface area contributed by atoms with E-state index >= 15 is 0 Å². The summed E-state index contributed by atoms with van der Waals surface area (Å²) in [5.41, 5.74) is 3.32. The average molecular weight is 450 g/mol. The van der Waals surface area contributed by atoms with E-state index in [0.717, 1.165) is 40.5 Å². The minimum atomic E-state index is -1.35. The number of alkyl carbamates (subject to hydrolysis) is 1. The molecular weight excluding hydrogens is 431 g/mol. The Kier molecular flexibility index (Phi) is 6.03. The third-order valence-corrected chi connectivity index (χ3v) is 5.58. The van der Waals surface area contributed by atoms with Gasteiger partial charge in [0.25, 0.3) is 5.69 Å². The molecule has 3 aromatic rings. The van der Waals surface area contributed by atoms with Crippen LogP contribution in [0.2, 0.25) is 0 Å².